The second kappa shape index (κ2) is 8.87. The van der Waals surface area contributed by atoms with Crippen molar-refractivity contribution < 1.29 is 14.3 Å². The zero-order chi connectivity index (χ0) is 16.7. The lowest BCUT2D eigenvalue weighted by molar-refractivity contribution is -0.128. The highest BCUT2D eigenvalue weighted by Crippen LogP contribution is 2.16. The van der Waals surface area contributed by atoms with Crippen molar-refractivity contribution in [3.8, 4) is 5.88 Å². The van der Waals surface area contributed by atoms with Crippen LogP contribution in [0.3, 0.4) is 0 Å². The van der Waals surface area contributed by atoms with Crippen LogP contribution < -0.4 is 10.1 Å². The lowest BCUT2D eigenvalue weighted by Gasteiger charge is -2.21. The SMILES string of the molecule is CC(C)CC(C)Oc1cc(CNC(=O)C2CCOCC2)ccn1. The van der Waals surface area contributed by atoms with Crippen molar-refractivity contribution >= 4 is 5.91 Å². The summed E-state index contributed by atoms with van der Waals surface area (Å²) in [5.74, 6) is 1.40. The molecule has 1 aromatic heterocycles. The van der Waals surface area contributed by atoms with Gasteiger partial charge in [0, 0.05) is 37.9 Å². The standard InChI is InChI=1S/C18H28N2O3/c1-13(2)10-14(3)23-17-11-15(4-7-19-17)12-20-18(21)16-5-8-22-9-6-16/h4,7,11,13-14,16H,5-6,8-10,12H2,1-3H3,(H,20,21). The maximum absolute atomic E-state index is 12.1. The van der Waals surface area contributed by atoms with Crippen LogP contribution in [0.15, 0.2) is 18.3 Å². The average molecular weight is 320 g/mol. The smallest absolute Gasteiger partial charge is 0.223 e. The zero-order valence-electron chi connectivity index (χ0n) is 14.4. The number of nitrogens with zero attached hydrogens (tertiary/aromatic N) is 1. The first-order valence-corrected chi connectivity index (χ1v) is 8.51. The molecule has 5 nitrogen and oxygen atoms in total. The van der Waals surface area contributed by atoms with Crippen molar-refractivity contribution in [2.24, 2.45) is 11.8 Å². The van der Waals surface area contributed by atoms with Gasteiger partial charge in [0.25, 0.3) is 0 Å². The Kier molecular flexibility index (Phi) is 6.84. The van der Waals surface area contributed by atoms with Crippen molar-refractivity contribution in [1.29, 1.82) is 0 Å². The number of hydrogen-bond acceptors (Lipinski definition) is 4. The summed E-state index contributed by atoms with van der Waals surface area (Å²) in [6.45, 7) is 8.28. The van der Waals surface area contributed by atoms with Crippen molar-refractivity contribution in [2.45, 2.75) is 52.7 Å². The molecule has 0 aliphatic carbocycles. The van der Waals surface area contributed by atoms with Crippen molar-refractivity contribution in [1.82, 2.24) is 10.3 Å². The summed E-state index contributed by atoms with van der Waals surface area (Å²) >= 11 is 0. The Morgan fingerprint density at radius 1 is 1.39 bits per heavy atom. The molecule has 0 spiro atoms. The third-order valence-corrected chi connectivity index (χ3v) is 3.98. The molecular weight excluding hydrogens is 292 g/mol. The second-order valence-corrected chi connectivity index (χ2v) is 6.66. The van der Waals surface area contributed by atoms with E-state index in [0.717, 1.165) is 24.8 Å². The Morgan fingerprint density at radius 2 is 2.13 bits per heavy atom. The number of pyridine rings is 1. The fourth-order valence-corrected chi connectivity index (χ4v) is 2.84. The van der Waals surface area contributed by atoms with E-state index in [0.29, 0.717) is 31.6 Å². The van der Waals surface area contributed by atoms with Gasteiger partial charge in [-0.25, -0.2) is 4.98 Å². The maximum Gasteiger partial charge on any atom is 0.223 e. The molecule has 0 saturated carbocycles. The van der Waals surface area contributed by atoms with Crippen LogP contribution >= 0.6 is 0 Å². The van der Waals surface area contributed by atoms with Gasteiger partial charge in [0.1, 0.15) is 0 Å². The fourth-order valence-electron chi connectivity index (χ4n) is 2.84. The molecule has 2 rings (SSSR count). The molecule has 1 aliphatic rings. The number of nitrogens with one attached hydrogen (secondary N) is 1. The topological polar surface area (TPSA) is 60.5 Å². The van der Waals surface area contributed by atoms with E-state index in [9.17, 15) is 4.79 Å². The maximum atomic E-state index is 12.1. The number of carbonyl (C=O) groups is 1. The van der Waals surface area contributed by atoms with Gasteiger partial charge in [-0.1, -0.05) is 13.8 Å². The van der Waals surface area contributed by atoms with E-state index in [1.807, 2.05) is 12.1 Å². The molecule has 23 heavy (non-hydrogen) atoms. The first-order chi connectivity index (χ1) is 11.0. The summed E-state index contributed by atoms with van der Waals surface area (Å²) in [5, 5.41) is 3.00. The predicted molar refractivity (Wildman–Crippen MR) is 89.2 cm³/mol. The highest BCUT2D eigenvalue weighted by atomic mass is 16.5. The van der Waals surface area contributed by atoms with Crippen LogP contribution in [-0.4, -0.2) is 30.2 Å². The van der Waals surface area contributed by atoms with E-state index in [4.69, 9.17) is 9.47 Å². The third-order valence-electron chi connectivity index (χ3n) is 3.98. The van der Waals surface area contributed by atoms with Crippen molar-refractivity contribution in [2.75, 3.05) is 13.2 Å². The molecule has 5 heteroatoms. The van der Waals surface area contributed by atoms with Gasteiger partial charge in [0.2, 0.25) is 11.8 Å². The van der Waals surface area contributed by atoms with Crippen LogP contribution in [0, 0.1) is 11.8 Å². The lowest BCUT2D eigenvalue weighted by Crippen LogP contribution is -2.33. The van der Waals surface area contributed by atoms with Crippen molar-refractivity contribution in [3.05, 3.63) is 23.9 Å². The Bertz CT molecular complexity index is 499. The fraction of sp³-hybridized carbons (Fsp3) is 0.667. The first-order valence-electron chi connectivity index (χ1n) is 8.51. The minimum Gasteiger partial charge on any atom is -0.475 e. The predicted octanol–water partition coefficient (Wildman–Crippen LogP) is 2.94. The monoisotopic (exact) mass is 320 g/mol. The zero-order valence-corrected chi connectivity index (χ0v) is 14.4. The van der Waals surface area contributed by atoms with Crippen molar-refractivity contribution in [3.63, 3.8) is 0 Å². The van der Waals surface area contributed by atoms with Gasteiger partial charge >= 0.3 is 0 Å². The molecule has 1 aromatic rings. The summed E-state index contributed by atoms with van der Waals surface area (Å²) in [5.41, 5.74) is 1.01. The molecule has 1 atom stereocenters. The highest BCUT2D eigenvalue weighted by molar-refractivity contribution is 5.78. The number of amides is 1. The molecule has 0 aromatic carbocycles. The number of rotatable bonds is 7. The Hall–Kier alpha value is -1.62. The Labute approximate surface area is 138 Å². The molecule has 1 saturated heterocycles. The molecule has 1 aliphatic heterocycles. The Balaban J connectivity index is 1.83. The van der Waals surface area contributed by atoms with Crippen LogP contribution in [0.25, 0.3) is 0 Å². The summed E-state index contributed by atoms with van der Waals surface area (Å²) in [4.78, 5) is 16.4. The molecule has 2 heterocycles. The van der Waals surface area contributed by atoms with Gasteiger partial charge < -0.3 is 14.8 Å². The number of carbonyl (C=O) groups excluding carboxylic acids is 1. The first kappa shape index (κ1) is 17.7. The summed E-state index contributed by atoms with van der Waals surface area (Å²) in [6, 6.07) is 3.81. The van der Waals surface area contributed by atoms with Crippen LogP contribution in [-0.2, 0) is 16.1 Å². The van der Waals surface area contributed by atoms with Crippen LogP contribution in [0.5, 0.6) is 5.88 Å². The minimum absolute atomic E-state index is 0.0763. The van der Waals surface area contributed by atoms with E-state index < -0.39 is 0 Å². The quantitative estimate of drug-likeness (QED) is 0.839. The van der Waals surface area contributed by atoms with E-state index in [-0.39, 0.29) is 17.9 Å². The van der Waals surface area contributed by atoms with Gasteiger partial charge in [-0.05, 0) is 43.7 Å². The molecule has 0 bridgehead atoms. The van der Waals surface area contributed by atoms with E-state index in [1.54, 1.807) is 6.20 Å². The number of aromatic nitrogens is 1. The van der Waals surface area contributed by atoms with Gasteiger partial charge in [-0.2, -0.15) is 0 Å². The van der Waals surface area contributed by atoms with Gasteiger partial charge in [0.15, 0.2) is 0 Å². The molecule has 1 amide bonds. The van der Waals surface area contributed by atoms with Gasteiger partial charge in [0.05, 0.1) is 6.10 Å². The van der Waals surface area contributed by atoms with Crippen LogP contribution in [0.4, 0.5) is 0 Å². The molecule has 0 radical (unpaired) electrons. The number of ether oxygens (including phenoxy) is 2. The molecule has 1 N–H and O–H groups in total. The highest BCUT2D eigenvalue weighted by Gasteiger charge is 2.21. The van der Waals surface area contributed by atoms with E-state index in [1.165, 1.54) is 0 Å². The minimum atomic E-state index is 0.0763. The van der Waals surface area contributed by atoms with E-state index in [2.05, 4.69) is 31.1 Å². The largest absolute Gasteiger partial charge is 0.475 e. The summed E-state index contributed by atoms with van der Waals surface area (Å²) < 4.78 is 11.1. The molecule has 1 unspecified atom stereocenters. The van der Waals surface area contributed by atoms with Crippen LogP contribution in [0.1, 0.15) is 45.6 Å². The van der Waals surface area contributed by atoms with Gasteiger partial charge in [-0.15, -0.1) is 0 Å². The lowest BCUT2D eigenvalue weighted by atomic mass is 9.99. The normalized spacial score (nSPS) is 17.0. The average Bonchev–Trinajstić information content (AvgIpc) is 2.53. The van der Waals surface area contributed by atoms with Crippen LogP contribution in [0.2, 0.25) is 0 Å². The molecule has 128 valence electrons. The Morgan fingerprint density at radius 3 is 2.83 bits per heavy atom. The summed E-state index contributed by atoms with van der Waals surface area (Å²) in [7, 11) is 0. The molecular formula is C18H28N2O3. The van der Waals surface area contributed by atoms with Gasteiger partial charge in [-0.3, -0.25) is 4.79 Å². The third kappa shape index (κ3) is 6.18. The second-order valence-electron chi connectivity index (χ2n) is 6.66. The summed E-state index contributed by atoms with van der Waals surface area (Å²) in [6.07, 6.45) is 4.47. The number of hydrogen-bond donors (Lipinski definition) is 1. The van der Waals surface area contributed by atoms with E-state index >= 15 is 0 Å². The molecule has 1 fully saturated rings.